The average Bonchev–Trinajstić information content (AvgIpc) is 3.49. The second-order valence-electron chi connectivity index (χ2n) is 8.80. The quantitative estimate of drug-likeness (QED) is 0.340. The minimum Gasteiger partial charge on any atom is -0.454 e. The predicted octanol–water partition coefficient (Wildman–Crippen LogP) is 4.26. The van der Waals surface area contributed by atoms with Crippen LogP contribution in [0.3, 0.4) is 0 Å². The molecule has 0 unspecified atom stereocenters. The Labute approximate surface area is 213 Å². The normalized spacial score (nSPS) is 14.9. The third kappa shape index (κ3) is 5.15. The number of benzene rings is 2. The number of ether oxygens (including phenoxy) is 2. The number of pyridine rings is 1. The molecule has 2 aliphatic rings. The van der Waals surface area contributed by atoms with E-state index in [0.29, 0.717) is 41.6 Å². The summed E-state index contributed by atoms with van der Waals surface area (Å²) in [5.41, 5.74) is 2.32. The van der Waals surface area contributed by atoms with Gasteiger partial charge in [-0.25, -0.2) is 0 Å². The van der Waals surface area contributed by atoms with Gasteiger partial charge in [-0.3, -0.25) is 9.59 Å². The van der Waals surface area contributed by atoms with Crippen molar-refractivity contribution in [2.24, 2.45) is 0 Å². The van der Waals surface area contributed by atoms with Crippen LogP contribution in [0.25, 0.3) is 10.9 Å². The summed E-state index contributed by atoms with van der Waals surface area (Å²) in [6, 6.07) is 11.7. The van der Waals surface area contributed by atoms with Crippen molar-refractivity contribution < 1.29 is 14.3 Å². The Bertz CT molecular complexity index is 1330. The van der Waals surface area contributed by atoms with Crippen molar-refractivity contribution in [3.63, 3.8) is 0 Å². The van der Waals surface area contributed by atoms with Crippen LogP contribution in [-0.4, -0.2) is 48.1 Å². The molecule has 0 radical (unpaired) electrons. The summed E-state index contributed by atoms with van der Waals surface area (Å²) in [5.74, 6) is 1.50. The van der Waals surface area contributed by atoms with Crippen LogP contribution in [0.15, 0.2) is 46.1 Å². The number of hydrogen-bond donors (Lipinski definition) is 1. The predicted molar refractivity (Wildman–Crippen MR) is 139 cm³/mol. The van der Waals surface area contributed by atoms with Crippen LogP contribution in [0.4, 0.5) is 0 Å². The number of hydrogen-bond acceptors (Lipinski definition) is 6. The summed E-state index contributed by atoms with van der Waals surface area (Å²) in [7, 11) is 0. The van der Waals surface area contributed by atoms with Crippen molar-refractivity contribution in [3.05, 3.63) is 62.9 Å². The minimum absolute atomic E-state index is 0.0493. The zero-order valence-electron chi connectivity index (χ0n) is 19.6. The van der Waals surface area contributed by atoms with E-state index in [4.69, 9.17) is 21.1 Å². The van der Waals surface area contributed by atoms with Gasteiger partial charge in [0.25, 0.3) is 5.56 Å². The summed E-state index contributed by atoms with van der Waals surface area (Å²) < 4.78 is 12.7. The second kappa shape index (κ2) is 10.5. The number of halogens is 1. The van der Waals surface area contributed by atoms with Gasteiger partial charge in [-0.2, -0.15) is 0 Å². The van der Waals surface area contributed by atoms with E-state index in [0.717, 1.165) is 53.8 Å². The highest BCUT2D eigenvalue weighted by atomic mass is 35.5. The number of likely N-dealkylation sites (tertiary alicyclic amines) is 1. The molecule has 0 bridgehead atoms. The van der Waals surface area contributed by atoms with E-state index in [1.54, 1.807) is 22.4 Å². The van der Waals surface area contributed by atoms with Gasteiger partial charge in [0.15, 0.2) is 11.5 Å². The lowest BCUT2D eigenvalue weighted by molar-refractivity contribution is -0.127. The largest absolute Gasteiger partial charge is 0.454 e. The Morgan fingerprint density at radius 1 is 1.09 bits per heavy atom. The lowest BCUT2D eigenvalue weighted by Gasteiger charge is -2.17. The lowest BCUT2D eigenvalue weighted by Crippen LogP contribution is -2.30. The van der Waals surface area contributed by atoms with E-state index >= 15 is 0 Å². The molecule has 3 aromatic rings. The molecule has 0 atom stereocenters. The Hall–Kier alpha value is -2.68. The first kappa shape index (κ1) is 24.0. The van der Waals surface area contributed by atoms with Crippen molar-refractivity contribution in [2.75, 3.05) is 32.7 Å². The van der Waals surface area contributed by atoms with Gasteiger partial charge in [-0.15, -0.1) is 11.8 Å². The van der Waals surface area contributed by atoms with Gasteiger partial charge in [0.05, 0.1) is 12.1 Å². The molecule has 0 saturated carbocycles. The van der Waals surface area contributed by atoms with Crippen molar-refractivity contribution in [1.82, 2.24) is 14.8 Å². The first-order chi connectivity index (χ1) is 17.0. The van der Waals surface area contributed by atoms with Gasteiger partial charge in [0.2, 0.25) is 12.7 Å². The summed E-state index contributed by atoms with van der Waals surface area (Å²) >= 11 is 8.19. The fourth-order valence-corrected chi connectivity index (χ4v) is 5.28. The fraction of sp³-hybridized carbons (Fsp3) is 0.385. The van der Waals surface area contributed by atoms with Crippen LogP contribution in [0.1, 0.15) is 30.4 Å². The number of thioether (sulfide) groups is 1. The van der Waals surface area contributed by atoms with Gasteiger partial charge in [-0.1, -0.05) is 17.7 Å². The molecule has 9 heteroatoms. The number of carbonyl (C=O) groups is 1. The molecule has 0 aliphatic carbocycles. The number of amides is 1. The maximum atomic E-state index is 13.6. The highest BCUT2D eigenvalue weighted by Gasteiger charge is 2.20. The van der Waals surface area contributed by atoms with Crippen molar-refractivity contribution in [3.8, 4) is 11.5 Å². The molecule has 1 aromatic heterocycles. The van der Waals surface area contributed by atoms with Gasteiger partial charge < -0.3 is 24.3 Å². The molecule has 5 rings (SSSR count). The zero-order chi connectivity index (χ0) is 24.4. The van der Waals surface area contributed by atoms with E-state index in [1.807, 2.05) is 29.4 Å². The maximum absolute atomic E-state index is 13.6. The molecule has 1 N–H and O–H groups in total. The Kier molecular flexibility index (Phi) is 7.22. The highest BCUT2D eigenvalue weighted by molar-refractivity contribution is 7.98. The molecule has 2 aliphatic heterocycles. The molecule has 1 saturated heterocycles. The number of rotatable bonds is 9. The monoisotopic (exact) mass is 513 g/mol. The first-order valence-electron chi connectivity index (χ1n) is 11.8. The second-order valence-corrected chi connectivity index (χ2v) is 10.1. The molecule has 1 amide bonds. The fourth-order valence-electron chi connectivity index (χ4n) is 4.63. The maximum Gasteiger partial charge on any atom is 0.255 e. The minimum atomic E-state index is -0.0493. The molecule has 35 heavy (non-hydrogen) atoms. The number of fused-ring (bicyclic) bond motifs is 2. The number of carbonyl (C=O) groups excluding carboxylic acids is 1. The Morgan fingerprint density at radius 3 is 2.69 bits per heavy atom. The van der Waals surface area contributed by atoms with Crippen molar-refractivity contribution >= 4 is 40.2 Å². The number of aromatic nitrogens is 1. The SMILES string of the molecule is CSc1ccc2cc(CNCCCN3CCCC3=O)c(=O)n(Cc3cc4c(cc3Cl)OCO4)c2c1. The molecule has 184 valence electrons. The summed E-state index contributed by atoms with van der Waals surface area (Å²) in [6.45, 7) is 3.31. The molecule has 1 fully saturated rings. The summed E-state index contributed by atoms with van der Waals surface area (Å²) in [4.78, 5) is 28.4. The first-order valence-corrected chi connectivity index (χ1v) is 13.4. The molecule has 7 nitrogen and oxygen atoms in total. The van der Waals surface area contributed by atoms with Crippen LogP contribution < -0.4 is 20.3 Å². The van der Waals surface area contributed by atoms with E-state index in [1.165, 1.54) is 0 Å². The number of nitrogens with one attached hydrogen (secondary N) is 1. The van der Waals surface area contributed by atoms with Crippen molar-refractivity contribution in [1.29, 1.82) is 0 Å². The standard InChI is InChI=1S/C26H28ClN3O4S/c1-35-20-6-5-17-10-18(14-28-7-3-9-29-8-2-4-25(29)31)26(32)30(22(17)12-20)15-19-11-23-24(13-21(19)27)34-16-33-23/h5-6,10-13,28H,2-4,7-9,14-16H2,1H3. The van der Waals surface area contributed by atoms with E-state index < -0.39 is 0 Å². The van der Waals surface area contributed by atoms with E-state index in [-0.39, 0.29) is 18.3 Å². The van der Waals surface area contributed by atoms with Gasteiger partial charge in [0.1, 0.15) is 0 Å². The van der Waals surface area contributed by atoms with Crippen LogP contribution in [0.2, 0.25) is 5.02 Å². The lowest BCUT2D eigenvalue weighted by atomic mass is 10.1. The summed E-state index contributed by atoms with van der Waals surface area (Å²) in [6.07, 6.45) is 4.49. The zero-order valence-corrected chi connectivity index (χ0v) is 21.2. The van der Waals surface area contributed by atoms with Gasteiger partial charge in [-0.05, 0) is 60.9 Å². The third-order valence-corrected chi connectivity index (χ3v) is 7.59. The smallest absolute Gasteiger partial charge is 0.255 e. The highest BCUT2D eigenvalue weighted by Crippen LogP contribution is 2.37. The molecule has 0 spiro atoms. The Morgan fingerprint density at radius 2 is 1.91 bits per heavy atom. The average molecular weight is 514 g/mol. The summed E-state index contributed by atoms with van der Waals surface area (Å²) in [5, 5.41) is 4.92. The van der Waals surface area contributed by atoms with Gasteiger partial charge in [0, 0.05) is 47.6 Å². The van der Waals surface area contributed by atoms with E-state index in [9.17, 15) is 9.59 Å². The van der Waals surface area contributed by atoms with Crippen LogP contribution in [0, 0.1) is 0 Å². The molecular weight excluding hydrogens is 486 g/mol. The number of nitrogens with zero attached hydrogens (tertiary/aromatic N) is 2. The molecule has 3 heterocycles. The van der Waals surface area contributed by atoms with Crippen LogP contribution in [0.5, 0.6) is 11.5 Å². The van der Waals surface area contributed by atoms with E-state index in [2.05, 4.69) is 17.4 Å². The van der Waals surface area contributed by atoms with Crippen LogP contribution >= 0.6 is 23.4 Å². The Balaban J connectivity index is 1.39. The third-order valence-electron chi connectivity index (χ3n) is 6.52. The molecule has 2 aromatic carbocycles. The van der Waals surface area contributed by atoms with Gasteiger partial charge >= 0.3 is 0 Å². The topological polar surface area (TPSA) is 72.8 Å². The van der Waals surface area contributed by atoms with Crippen molar-refractivity contribution in [2.45, 2.75) is 37.2 Å². The van der Waals surface area contributed by atoms with Crippen LogP contribution in [-0.2, 0) is 17.9 Å². The molecular formula is C26H28ClN3O4S.